The molecule has 0 aliphatic carbocycles. The lowest BCUT2D eigenvalue weighted by Gasteiger charge is -2.24. The molecular weight excluding hydrogens is 161 g/mol. The van der Waals surface area contributed by atoms with Gasteiger partial charge in [-0.1, -0.05) is 0 Å². The molecule has 0 aromatic carbocycles. The summed E-state index contributed by atoms with van der Waals surface area (Å²) in [5.41, 5.74) is -2.89. The van der Waals surface area contributed by atoms with Gasteiger partial charge in [0.2, 0.25) is 0 Å². The maximum Gasteiger partial charge on any atom is 0.417 e. The Morgan fingerprint density at radius 1 is 1.45 bits per heavy atom. The molecule has 0 aliphatic rings. The van der Waals surface area contributed by atoms with Crippen LogP contribution in [0.25, 0.3) is 0 Å². The van der Waals surface area contributed by atoms with Crippen LogP contribution in [0, 0.1) is 0 Å². The molecule has 0 saturated carbocycles. The Morgan fingerprint density at radius 3 is 1.91 bits per heavy atom. The molecule has 0 fully saturated rings. The van der Waals surface area contributed by atoms with Crippen LogP contribution in [-0.4, -0.2) is 22.7 Å². The van der Waals surface area contributed by atoms with E-state index in [1.165, 1.54) is 0 Å². The molecule has 1 atom stereocenters. The topological polar surface area (TPSA) is 37.3 Å². The SMILES string of the molecule is CC(=O)CC(C)(O)C(F)(F)F. The van der Waals surface area contributed by atoms with Gasteiger partial charge in [-0.25, -0.2) is 0 Å². The molecule has 5 heteroatoms. The van der Waals surface area contributed by atoms with Gasteiger partial charge in [0.25, 0.3) is 0 Å². The smallest absolute Gasteiger partial charge is 0.380 e. The van der Waals surface area contributed by atoms with Crippen molar-refractivity contribution in [2.75, 3.05) is 0 Å². The van der Waals surface area contributed by atoms with Crippen molar-refractivity contribution in [3.05, 3.63) is 0 Å². The largest absolute Gasteiger partial charge is 0.417 e. The summed E-state index contributed by atoms with van der Waals surface area (Å²) >= 11 is 0. The highest BCUT2D eigenvalue weighted by molar-refractivity contribution is 5.76. The summed E-state index contributed by atoms with van der Waals surface area (Å²) in [5.74, 6) is -0.688. The van der Waals surface area contributed by atoms with Crippen LogP contribution in [0.3, 0.4) is 0 Å². The number of hydrogen-bond acceptors (Lipinski definition) is 2. The molecule has 0 bridgehead atoms. The number of ketones is 1. The van der Waals surface area contributed by atoms with Crippen LogP contribution in [0.2, 0.25) is 0 Å². The Morgan fingerprint density at radius 2 is 1.82 bits per heavy atom. The summed E-state index contributed by atoms with van der Waals surface area (Å²) < 4.78 is 35.4. The molecule has 0 amide bonds. The molecule has 0 aromatic heterocycles. The fraction of sp³-hybridized carbons (Fsp3) is 0.833. The quantitative estimate of drug-likeness (QED) is 0.677. The standard InChI is InChI=1S/C6H9F3O2/c1-4(10)3-5(2,11)6(7,8)9/h11H,3H2,1-2H3. The third-order valence-corrected chi connectivity index (χ3v) is 1.20. The first-order valence-corrected chi connectivity index (χ1v) is 2.95. The van der Waals surface area contributed by atoms with Gasteiger partial charge >= 0.3 is 6.18 Å². The minimum atomic E-state index is -4.74. The molecule has 0 radical (unpaired) electrons. The fourth-order valence-corrected chi connectivity index (χ4v) is 0.585. The highest BCUT2D eigenvalue weighted by Crippen LogP contribution is 2.32. The maximum atomic E-state index is 11.8. The Bertz CT molecular complexity index is 160. The van der Waals surface area contributed by atoms with Gasteiger partial charge in [0.15, 0.2) is 5.60 Å². The van der Waals surface area contributed by atoms with Crippen molar-refractivity contribution < 1.29 is 23.1 Å². The lowest BCUT2D eigenvalue weighted by atomic mass is 10.00. The van der Waals surface area contributed by atoms with E-state index >= 15 is 0 Å². The van der Waals surface area contributed by atoms with Gasteiger partial charge in [0.05, 0.1) is 0 Å². The summed E-state index contributed by atoms with van der Waals surface area (Å²) in [6.07, 6.45) is -5.63. The van der Waals surface area contributed by atoms with Gasteiger partial charge in [0, 0.05) is 6.42 Å². The van der Waals surface area contributed by atoms with E-state index in [9.17, 15) is 18.0 Å². The highest BCUT2D eigenvalue weighted by atomic mass is 19.4. The molecule has 0 aliphatic heterocycles. The molecule has 0 rings (SSSR count). The number of hydrogen-bond donors (Lipinski definition) is 1. The molecule has 2 nitrogen and oxygen atoms in total. The van der Waals surface area contributed by atoms with E-state index in [0.29, 0.717) is 6.92 Å². The van der Waals surface area contributed by atoms with Gasteiger partial charge in [-0.05, 0) is 13.8 Å². The van der Waals surface area contributed by atoms with Crippen LogP contribution in [0.1, 0.15) is 20.3 Å². The van der Waals surface area contributed by atoms with Crippen molar-refractivity contribution >= 4 is 5.78 Å². The normalized spacial score (nSPS) is 17.6. The zero-order valence-electron chi connectivity index (χ0n) is 6.20. The first-order chi connectivity index (χ1) is 4.67. The number of Topliss-reactive ketones (excluding diaryl/α,β-unsaturated/α-hetero) is 1. The van der Waals surface area contributed by atoms with Gasteiger partial charge in [0.1, 0.15) is 5.78 Å². The number of halogens is 3. The average molecular weight is 170 g/mol. The van der Waals surface area contributed by atoms with Crippen LogP contribution < -0.4 is 0 Å². The molecule has 1 N–H and O–H groups in total. The second-order valence-corrected chi connectivity index (χ2v) is 2.65. The molecular formula is C6H9F3O2. The third-order valence-electron chi connectivity index (χ3n) is 1.20. The summed E-state index contributed by atoms with van der Waals surface area (Å²) in [7, 11) is 0. The monoisotopic (exact) mass is 170 g/mol. The molecule has 1 unspecified atom stereocenters. The second-order valence-electron chi connectivity index (χ2n) is 2.65. The van der Waals surface area contributed by atoms with E-state index in [-0.39, 0.29) is 0 Å². The molecule has 0 heterocycles. The van der Waals surface area contributed by atoms with Crippen molar-refractivity contribution in [1.29, 1.82) is 0 Å². The second kappa shape index (κ2) is 2.81. The summed E-state index contributed by atoms with van der Waals surface area (Å²) in [6.45, 7) is 1.58. The predicted octanol–water partition coefficient (Wildman–Crippen LogP) is 1.28. The van der Waals surface area contributed by atoms with Gasteiger partial charge < -0.3 is 5.11 Å². The molecule has 11 heavy (non-hydrogen) atoms. The summed E-state index contributed by atoms with van der Waals surface area (Å²) in [6, 6.07) is 0. The van der Waals surface area contributed by atoms with Crippen molar-refractivity contribution in [1.82, 2.24) is 0 Å². The lowest BCUT2D eigenvalue weighted by Crippen LogP contribution is -2.43. The Balaban J connectivity index is 4.34. The van der Waals surface area contributed by atoms with Crippen LogP contribution in [-0.2, 0) is 4.79 Å². The Labute approximate surface area is 62.0 Å². The van der Waals surface area contributed by atoms with E-state index in [0.717, 1.165) is 6.92 Å². The number of carbonyl (C=O) groups is 1. The number of carbonyl (C=O) groups excluding carboxylic acids is 1. The van der Waals surface area contributed by atoms with Gasteiger partial charge in [-0.3, -0.25) is 4.79 Å². The molecule has 66 valence electrons. The first-order valence-electron chi connectivity index (χ1n) is 2.95. The van der Waals surface area contributed by atoms with E-state index in [2.05, 4.69) is 0 Å². The minimum Gasteiger partial charge on any atom is -0.380 e. The van der Waals surface area contributed by atoms with Crippen molar-refractivity contribution in [3.8, 4) is 0 Å². The van der Waals surface area contributed by atoms with Crippen LogP contribution in [0.15, 0.2) is 0 Å². The Kier molecular flexibility index (Phi) is 2.66. The van der Waals surface area contributed by atoms with E-state index in [4.69, 9.17) is 5.11 Å². The molecule has 0 spiro atoms. The maximum absolute atomic E-state index is 11.8. The summed E-state index contributed by atoms with van der Waals surface area (Å²) in [4.78, 5) is 10.2. The van der Waals surface area contributed by atoms with Crippen molar-refractivity contribution in [3.63, 3.8) is 0 Å². The van der Waals surface area contributed by atoms with Gasteiger partial charge in [-0.2, -0.15) is 13.2 Å². The first kappa shape index (κ1) is 10.4. The van der Waals surface area contributed by atoms with Crippen molar-refractivity contribution in [2.45, 2.75) is 32.0 Å². The summed E-state index contributed by atoms with van der Waals surface area (Å²) in [5, 5.41) is 8.68. The number of alkyl halides is 3. The zero-order chi connectivity index (χ0) is 9.28. The Hall–Kier alpha value is -0.580. The number of aliphatic hydroxyl groups is 1. The van der Waals surface area contributed by atoms with E-state index < -0.39 is 24.0 Å². The van der Waals surface area contributed by atoms with E-state index in [1.54, 1.807) is 0 Å². The number of rotatable bonds is 2. The highest BCUT2D eigenvalue weighted by Gasteiger charge is 2.50. The zero-order valence-corrected chi connectivity index (χ0v) is 6.20. The third kappa shape index (κ3) is 2.88. The molecule has 0 saturated heterocycles. The fourth-order valence-electron chi connectivity index (χ4n) is 0.585. The lowest BCUT2D eigenvalue weighted by molar-refractivity contribution is -0.253. The average Bonchev–Trinajstić information content (AvgIpc) is 1.56. The van der Waals surface area contributed by atoms with Gasteiger partial charge in [-0.15, -0.1) is 0 Å². The van der Waals surface area contributed by atoms with Crippen LogP contribution in [0.4, 0.5) is 13.2 Å². The van der Waals surface area contributed by atoms with Crippen LogP contribution in [0.5, 0.6) is 0 Å². The minimum absolute atomic E-state index is 0.578. The molecule has 0 aromatic rings. The van der Waals surface area contributed by atoms with Crippen molar-refractivity contribution in [2.24, 2.45) is 0 Å². The van der Waals surface area contributed by atoms with Crippen LogP contribution >= 0.6 is 0 Å². The predicted molar refractivity (Wildman–Crippen MR) is 32.0 cm³/mol. The van der Waals surface area contributed by atoms with E-state index in [1.807, 2.05) is 0 Å².